The van der Waals surface area contributed by atoms with Crippen molar-refractivity contribution < 1.29 is 0 Å². The molecule has 3 nitrogen and oxygen atoms in total. The quantitative estimate of drug-likeness (QED) is 0.848. The van der Waals surface area contributed by atoms with E-state index in [2.05, 4.69) is 36.9 Å². The number of thiophene rings is 1. The van der Waals surface area contributed by atoms with E-state index in [9.17, 15) is 0 Å². The van der Waals surface area contributed by atoms with Crippen LogP contribution in [0.2, 0.25) is 0 Å². The second-order valence-electron chi connectivity index (χ2n) is 6.50. The molecule has 3 fully saturated rings. The first kappa shape index (κ1) is 11.6. The topological polar surface area (TPSA) is 30.7 Å². The minimum Gasteiger partial charge on any atom is -0.239 e. The number of rotatable bonds is 3. The van der Waals surface area contributed by atoms with Gasteiger partial charge in [0.05, 0.1) is 10.4 Å². The van der Waals surface area contributed by atoms with Gasteiger partial charge in [0.2, 0.25) is 0 Å². The zero-order valence-electron chi connectivity index (χ0n) is 11.7. The summed E-state index contributed by atoms with van der Waals surface area (Å²) >= 11 is 1.79. The van der Waals surface area contributed by atoms with Crippen molar-refractivity contribution in [2.45, 2.75) is 51.5 Å². The highest BCUT2D eigenvalue weighted by Crippen LogP contribution is 2.62. The van der Waals surface area contributed by atoms with Gasteiger partial charge in [-0.3, -0.25) is 0 Å². The van der Waals surface area contributed by atoms with Gasteiger partial charge in [0.1, 0.15) is 0 Å². The summed E-state index contributed by atoms with van der Waals surface area (Å²) in [6.07, 6.45) is 3.93. The van der Waals surface area contributed by atoms with Crippen molar-refractivity contribution in [2.24, 2.45) is 5.92 Å². The predicted molar refractivity (Wildman–Crippen MR) is 77.5 cm³/mol. The van der Waals surface area contributed by atoms with Gasteiger partial charge in [0.15, 0.2) is 11.6 Å². The molecular weight excluding hydrogens is 254 g/mol. The lowest BCUT2D eigenvalue weighted by Crippen LogP contribution is -2.59. The first-order chi connectivity index (χ1) is 9.09. The van der Waals surface area contributed by atoms with Gasteiger partial charge in [-0.15, -0.1) is 11.3 Å². The lowest BCUT2D eigenvalue weighted by molar-refractivity contribution is -0.0968. The van der Waals surface area contributed by atoms with Gasteiger partial charge >= 0.3 is 0 Å². The molecule has 4 heteroatoms. The Morgan fingerprint density at radius 3 is 2.58 bits per heavy atom. The van der Waals surface area contributed by atoms with Crippen LogP contribution in [-0.4, -0.2) is 14.8 Å². The first-order valence-electron chi connectivity index (χ1n) is 7.11. The molecule has 0 N–H and O–H groups in total. The molecular formula is C15H19N3S. The van der Waals surface area contributed by atoms with Crippen molar-refractivity contribution in [3.8, 4) is 10.7 Å². The van der Waals surface area contributed by atoms with E-state index in [0.717, 1.165) is 17.6 Å². The smallest absolute Gasteiger partial charge is 0.169 e. The Morgan fingerprint density at radius 2 is 2.11 bits per heavy atom. The highest BCUT2D eigenvalue weighted by Gasteiger charge is 2.59. The molecule has 5 rings (SSSR count). The standard InChI is InChI=1S/C15H19N3S/c1-9(2)13-16-14(12-10(3)4-5-19-12)18(17-13)15-6-11(7-15)8-15/h4-5,9,11H,6-8H2,1-3H3. The van der Waals surface area contributed by atoms with Gasteiger partial charge in [-0.1, -0.05) is 13.8 Å². The Balaban J connectivity index is 1.86. The molecule has 0 aromatic carbocycles. The molecule has 0 spiro atoms. The van der Waals surface area contributed by atoms with Crippen molar-refractivity contribution in [1.29, 1.82) is 0 Å². The normalized spacial score (nSPS) is 28.3. The SMILES string of the molecule is Cc1ccsc1-c1nc(C(C)C)nn1C12CC(C1)C2. The van der Waals surface area contributed by atoms with Gasteiger partial charge in [-0.2, -0.15) is 5.10 Å². The van der Waals surface area contributed by atoms with Crippen LogP contribution in [0.25, 0.3) is 10.7 Å². The van der Waals surface area contributed by atoms with E-state index in [1.165, 1.54) is 29.7 Å². The van der Waals surface area contributed by atoms with Crippen LogP contribution in [0.5, 0.6) is 0 Å². The van der Waals surface area contributed by atoms with E-state index in [0.29, 0.717) is 11.5 Å². The summed E-state index contributed by atoms with van der Waals surface area (Å²) in [6, 6.07) is 2.18. The predicted octanol–water partition coefficient (Wildman–Crippen LogP) is 3.95. The van der Waals surface area contributed by atoms with E-state index in [1.807, 2.05) is 0 Å². The average Bonchev–Trinajstić information content (AvgIpc) is 2.80. The molecule has 0 amide bonds. The highest BCUT2D eigenvalue weighted by atomic mass is 32.1. The average molecular weight is 273 g/mol. The van der Waals surface area contributed by atoms with E-state index in [-0.39, 0.29) is 0 Å². The molecule has 2 aromatic rings. The van der Waals surface area contributed by atoms with Crippen LogP contribution in [0.15, 0.2) is 11.4 Å². The second kappa shape index (κ2) is 3.69. The lowest BCUT2D eigenvalue weighted by Gasteiger charge is -2.61. The third-order valence-corrected chi connectivity index (χ3v) is 5.67. The van der Waals surface area contributed by atoms with Crippen molar-refractivity contribution >= 4 is 11.3 Å². The van der Waals surface area contributed by atoms with E-state index in [4.69, 9.17) is 10.1 Å². The molecule has 0 unspecified atom stereocenters. The molecule has 19 heavy (non-hydrogen) atoms. The number of hydrogen-bond acceptors (Lipinski definition) is 3. The van der Waals surface area contributed by atoms with Crippen LogP contribution in [0.1, 0.15) is 50.4 Å². The van der Waals surface area contributed by atoms with Crippen LogP contribution in [0.3, 0.4) is 0 Å². The van der Waals surface area contributed by atoms with Crippen LogP contribution in [0.4, 0.5) is 0 Å². The number of nitrogens with zero attached hydrogens (tertiary/aromatic N) is 3. The van der Waals surface area contributed by atoms with Crippen LogP contribution < -0.4 is 0 Å². The minimum atomic E-state index is 0.316. The maximum Gasteiger partial charge on any atom is 0.169 e. The van der Waals surface area contributed by atoms with Crippen molar-refractivity contribution in [3.63, 3.8) is 0 Å². The van der Waals surface area contributed by atoms with Gasteiger partial charge in [-0.05, 0) is 49.1 Å². The van der Waals surface area contributed by atoms with E-state index < -0.39 is 0 Å². The molecule has 0 radical (unpaired) electrons. The molecule has 3 saturated carbocycles. The Hall–Kier alpha value is -1.16. The third kappa shape index (κ3) is 1.49. The molecule has 3 aliphatic carbocycles. The zero-order valence-corrected chi connectivity index (χ0v) is 12.5. The maximum atomic E-state index is 4.85. The summed E-state index contributed by atoms with van der Waals surface area (Å²) in [5.41, 5.74) is 1.64. The lowest BCUT2D eigenvalue weighted by atomic mass is 9.50. The van der Waals surface area contributed by atoms with Gasteiger partial charge in [0.25, 0.3) is 0 Å². The molecule has 2 aromatic heterocycles. The molecule has 100 valence electrons. The fraction of sp³-hybridized carbons (Fsp3) is 0.600. The van der Waals surface area contributed by atoms with Gasteiger partial charge in [0, 0.05) is 5.92 Å². The minimum absolute atomic E-state index is 0.316. The van der Waals surface area contributed by atoms with Crippen molar-refractivity contribution in [3.05, 3.63) is 22.8 Å². The van der Waals surface area contributed by atoms with Crippen LogP contribution in [0, 0.1) is 12.8 Å². The van der Waals surface area contributed by atoms with Gasteiger partial charge in [-0.25, -0.2) is 9.67 Å². The monoisotopic (exact) mass is 273 g/mol. The summed E-state index contributed by atoms with van der Waals surface area (Å²) in [7, 11) is 0. The molecule has 0 atom stereocenters. The largest absolute Gasteiger partial charge is 0.239 e. The summed E-state index contributed by atoms with van der Waals surface area (Å²) in [6.45, 7) is 6.52. The van der Waals surface area contributed by atoms with Crippen molar-refractivity contribution in [1.82, 2.24) is 14.8 Å². The van der Waals surface area contributed by atoms with Crippen LogP contribution in [-0.2, 0) is 5.54 Å². The molecule has 3 aliphatic rings. The fourth-order valence-corrected chi connectivity index (χ4v) is 4.24. The number of aryl methyl sites for hydroxylation is 1. The maximum absolute atomic E-state index is 4.85. The number of hydrogen-bond donors (Lipinski definition) is 0. The Bertz CT molecular complexity index is 621. The van der Waals surface area contributed by atoms with Gasteiger partial charge < -0.3 is 0 Å². The Kier molecular flexibility index (Phi) is 2.26. The van der Waals surface area contributed by atoms with E-state index in [1.54, 1.807) is 11.3 Å². The summed E-state index contributed by atoms with van der Waals surface area (Å²) < 4.78 is 2.27. The zero-order chi connectivity index (χ0) is 13.2. The van der Waals surface area contributed by atoms with Crippen LogP contribution >= 0.6 is 11.3 Å². The summed E-state index contributed by atoms with van der Waals surface area (Å²) in [5.74, 6) is 3.46. The molecule has 2 bridgehead atoms. The molecule has 2 heterocycles. The molecule has 0 aliphatic heterocycles. The Labute approximate surface area is 117 Å². The fourth-order valence-electron chi connectivity index (χ4n) is 3.34. The summed E-state index contributed by atoms with van der Waals surface area (Å²) in [4.78, 5) is 6.14. The second-order valence-corrected chi connectivity index (χ2v) is 7.41. The first-order valence-corrected chi connectivity index (χ1v) is 7.99. The highest BCUT2D eigenvalue weighted by molar-refractivity contribution is 7.13. The Morgan fingerprint density at radius 1 is 1.37 bits per heavy atom. The third-order valence-electron chi connectivity index (χ3n) is 4.66. The van der Waals surface area contributed by atoms with E-state index >= 15 is 0 Å². The number of aromatic nitrogens is 3. The molecule has 0 saturated heterocycles. The van der Waals surface area contributed by atoms with Crippen molar-refractivity contribution in [2.75, 3.05) is 0 Å². The summed E-state index contributed by atoms with van der Waals surface area (Å²) in [5, 5.41) is 7.00.